The average molecular weight is 465 g/mol. The molecule has 0 amide bonds. The number of benzene rings is 1. The lowest BCUT2D eigenvalue weighted by Crippen LogP contribution is -2.25. The van der Waals surface area contributed by atoms with Crippen LogP contribution in [-0.2, 0) is 22.7 Å². The van der Waals surface area contributed by atoms with Crippen molar-refractivity contribution in [2.75, 3.05) is 44.8 Å². The molecule has 1 N–H and O–H groups in total. The molecule has 1 saturated heterocycles. The van der Waals surface area contributed by atoms with Crippen molar-refractivity contribution in [2.24, 2.45) is 0 Å². The third kappa shape index (κ3) is 6.14. The topological polar surface area (TPSA) is 81.9 Å². The molecule has 2 aromatic heterocycles. The Kier molecular flexibility index (Phi) is 7.70. The molecule has 1 fully saturated rings. The molecule has 4 heterocycles. The highest BCUT2D eigenvalue weighted by molar-refractivity contribution is 5.60. The van der Waals surface area contributed by atoms with Gasteiger partial charge in [0.1, 0.15) is 30.4 Å². The van der Waals surface area contributed by atoms with E-state index in [1.165, 1.54) is 25.9 Å². The molecule has 0 atom stereocenters. The summed E-state index contributed by atoms with van der Waals surface area (Å²) in [5.41, 5.74) is 2.61. The summed E-state index contributed by atoms with van der Waals surface area (Å²) in [4.78, 5) is 11.5. The highest BCUT2D eigenvalue weighted by Gasteiger charge is 2.13. The van der Waals surface area contributed by atoms with Crippen molar-refractivity contribution >= 4 is 11.6 Å². The van der Waals surface area contributed by atoms with Gasteiger partial charge in [-0.05, 0) is 75.2 Å². The van der Waals surface area contributed by atoms with Gasteiger partial charge < -0.3 is 23.9 Å². The molecule has 0 aliphatic carbocycles. The molecule has 8 nitrogen and oxygen atoms in total. The van der Waals surface area contributed by atoms with Gasteiger partial charge >= 0.3 is 0 Å². The number of hydrogen-bond donors (Lipinski definition) is 1. The summed E-state index contributed by atoms with van der Waals surface area (Å²) in [6, 6.07) is 11.7. The summed E-state index contributed by atoms with van der Waals surface area (Å²) in [7, 11) is 0. The van der Waals surface area contributed by atoms with Crippen molar-refractivity contribution in [3.8, 4) is 17.2 Å². The first-order valence-corrected chi connectivity index (χ1v) is 12.2. The zero-order chi connectivity index (χ0) is 23.0. The minimum absolute atomic E-state index is 0.444. The molecule has 5 rings (SSSR count). The quantitative estimate of drug-likeness (QED) is 0.591. The summed E-state index contributed by atoms with van der Waals surface area (Å²) < 4.78 is 23.8. The Morgan fingerprint density at radius 2 is 1.79 bits per heavy atom. The summed E-state index contributed by atoms with van der Waals surface area (Å²) in [6.07, 6.45) is 6.17. The van der Waals surface area contributed by atoms with E-state index >= 15 is 0 Å². The van der Waals surface area contributed by atoms with Crippen LogP contribution in [0.2, 0.25) is 0 Å². The lowest BCUT2D eigenvalue weighted by atomic mass is 10.2. The van der Waals surface area contributed by atoms with Crippen LogP contribution in [-0.4, -0.2) is 54.3 Å². The highest BCUT2D eigenvalue weighted by Crippen LogP contribution is 2.27. The average Bonchev–Trinajstić information content (AvgIpc) is 3.54. The second-order valence-corrected chi connectivity index (χ2v) is 8.69. The Morgan fingerprint density at radius 3 is 2.68 bits per heavy atom. The minimum atomic E-state index is 0.444. The molecule has 6 bridgehead atoms. The Hall–Kier alpha value is -2.94. The molecule has 3 aromatic rings. The second-order valence-electron chi connectivity index (χ2n) is 8.69. The van der Waals surface area contributed by atoms with Crippen molar-refractivity contribution < 1.29 is 18.6 Å². The molecule has 1 aromatic carbocycles. The fraction of sp³-hybridized carbons (Fsp3) is 0.462. The maximum atomic E-state index is 6.16. The normalized spacial score (nSPS) is 17.5. The monoisotopic (exact) mass is 464 g/mol. The Bertz CT molecular complexity index is 1060. The molecular weight excluding hydrogens is 432 g/mol. The van der Waals surface area contributed by atoms with Crippen LogP contribution in [0, 0.1) is 0 Å². The predicted octanol–water partition coefficient (Wildman–Crippen LogP) is 4.78. The van der Waals surface area contributed by atoms with Gasteiger partial charge in [-0.1, -0.05) is 0 Å². The number of ether oxygens (including phenoxy) is 3. The molecule has 2 aliphatic rings. The first-order chi connectivity index (χ1) is 16.8. The van der Waals surface area contributed by atoms with E-state index in [0.717, 1.165) is 47.8 Å². The van der Waals surface area contributed by atoms with Crippen LogP contribution in [0.5, 0.6) is 5.75 Å². The first-order valence-electron chi connectivity index (χ1n) is 12.2. The number of anilines is 2. The second kappa shape index (κ2) is 11.5. The number of nitrogens with zero attached hydrogens (tertiary/aromatic N) is 3. The van der Waals surface area contributed by atoms with Gasteiger partial charge in [0.2, 0.25) is 5.95 Å². The van der Waals surface area contributed by atoms with Gasteiger partial charge in [0.05, 0.1) is 6.61 Å². The fourth-order valence-electron chi connectivity index (χ4n) is 4.24. The van der Waals surface area contributed by atoms with Crippen LogP contribution >= 0.6 is 0 Å². The predicted molar refractivity (Wildman–Crippen MR) is 129 cm³/mol. The molecule has 8 heteroatoms. The highest BCUT2D eigenvalue weighted by atomic mass is 16.5. The number of fused-ring (bicyclic) bond motifs is 7. The van der Waals surface area contributed by atoms with E-state index in [1.54, 1.807) is 6.20 Å². The van der Waals surface area contributed by atoms with Crippen molar-refractivity contribution in [3.05, 3.63) is 53.9 Å². The number of likely N-dealkylation sites (tertiary alicyclic amines) is 1. The SMILES string of the molecule is c1cc2nc(n1)Nc1ccc(OCCN3CCCC3)c(c1)COCCCCOCc1ccc-2o1. The summed E-state index contributed by atoms with van der Waals surface area (Å²) in [5, 5.41) is 3.31. The van der Waals surface area contributed by atoms with Crippen LogP contribution < -0.4 is 10.1 Å². The van der Waals surface area contributed by atoms with Crippen molar-refractivity contribution in [1.29, 1.82) is 0 Å². The van der Waals surface area contributed by atoms with Gasteiger partial charge in [-0.15, -0.1) is 0 Å². The van der Waals surface area contributed by atoms with E-state index in [4.69, 9.17) is 18.6 Å². The van der Waals surface area contributed by atoms with Crippen molar-refractivity contribution in [1.82, 2.24) is 14.9 Å². The summed E-state index contributed by atoms with van der Waals surface area (Å²) >= 11 is 0. The van der Waals surface area contributed by atoms with Crippen LogP contribution in [0.15, 0.2) is 47.0 Å². The molecule has 2 aliphatic heterocycles. The van der Waals surface area contributed by atoms with E-state index in [-0.39, 0.29) is 0 Å². The van der Waals surface area contributed by atoms with Gasteiger partial charge in [0.25, 0.3) is 0 Å². The number of aromatic nitrogens is 2. The smallest absolute Gasteiger partial charge is 0.227 e. The third-order valence-corrected chi connectivity index (χ3v) is 6.08. The number of hydrogen-bond acceptors (Lipinski definition) is 8. The fourth-order valence-corrected chi connectivity index (χ4v) is 4.24. The molecule has 0 spiro atoms. The van der Waals surface area contributed by atoms with E-state index in [0.29, 0.717) is 44.7 Å². The molecule has 180 valence electrons. The van der Waals surface area contributed by atoms with Gasteiger partial charge in [-0.2, -0.15) is 0 Å². The number of furan rings is 1. The Labute approximate surface area is 200 Å². The lowest BCUT2D eigenvalue weighted by molar-refractivity contribution is 0.0823. The van der Waals surface area contributed by atoms with Crippen LogP contribution in [0.3, 0.4) is 0 Å². The maximum Gasteiger partial charge on any atom is 0.227 e. The summed E-state index contributed by atoms with van der Waals surface area (Å²) in [5.74, 6) is 2.84. The molecule has 0 radical (unpaired) electrons. The van der Waals surface area contributed by atoms with Crippen LogP contribution in [0.4, 0.5) is 11.6 Å². The summed E-state index contributed by atoms with van der Waals surface area (Å²) in [6.45, 7) is 6.24. The Morgan fingerprint density at radius 1 is 0.941 bits per heavy atom. The number of rotatable bonds is 4. The van der Waals surface area contributed by atoms with Gasteiger partial charge in [0, 0.05) is 37.2 Å². The zero-order valence-corrected chi connectivity index (χ0v) is 19.5. The molecule has 0 unspecified atom stereocenters. The van der Waals surface area contributed by atoms with Crippen molar-refractivity contribution in [2.45, 2.75) is 38.9 Å². The standard InChI is InChI=1S/C26H32N4O4/c1-2-12-30(11-1)13-16-33-24-7-5-21-17-20(24)18-31-14-3-4-15-32-19-22-6-8-25(34-22)23-9-10-27-26(28-21)29-23/h5-10,17H,1-4,11-16,18-19H2,(H,27,28,29). The van der Waals surface area contributed by atoms with Crippen LogP contribution in [0.1, 0.15) is 37.0 Å². The van der Waals surface area contributed by atoms with E-state index in [9.17, 15) is 0 Å². The molecule has 34 heavy (non-hydrogen) atoms. The molecular formula is C26H32N4O4. The lowest BCUT2D eigenvalue weighted by Gasteiger charge is -2.17. The number of nitrogens with one attached hydrogen (secondary N) is 1. The van der Waals surface area contributed by atoms with E-state index in [1.807, 2.05) is 30.3 Å². The van der Waals surface area contributed by atoms with Crippen LogP contribution in [0.25, 0.3) is 11.5 Å². The van der Waals surface area contributed by atoms with E-state index < -0.39 is 0 Å². The molecule has 0 saturated carbocycles. The zero-order valence-electron chi connectivity index (χ0n) is 19.5. The maximum absolute atomic E-state index is 6.16. The van der Waals surface area contributed by atoms with Gasteiger partial charge in [-0.25, -0.2) is 9.97 Å². The largest absolute Gasteiger partial charge is 0.492 e. The first kappa shape index (κ1) is 22.8. The minimum Gasteiger partial charge on any atom is -0.492 e. The van der Waals surface area contributed by atoms with Gasteiger partial charge in [0.15, 0.2) is 5.76 Å². The third-order valence-electron chi connectivity index (χ3n) is 6.08. The van der Waals surface area contributed by atoms with E-state index in [2.05, 4.69) is 26.3 Å². The van der Waals surface area contributed by atoms with Crippen molar-refractivity contribution in [3.63, 3.8) is 0 Å². The Balaban J connectivity index is 1.33. The van der Waals surface area contributed by atoms with Gasteiger partial charge in [-0.3, -0.25) is 4.90 Å².